The van der Waals surface area contributed by atoms with Crippen LogP contribution < -0.4 is 0 Å². The molecular weight excluding hydrogens is 388 g/mol. The first kappa shape index (κ1) is 18.4. The normalized spacial score (nSPS) is 25.8. The Balaban J connectivity index is 1.58. The fraction of sp³-hybridized carbons (Fsp3) is 0.316. The molecule has 2 aromatic rings. The summed E-state index contributed by atoms with van der Waals surface area (Å²) >= 11 is 5.84. The highest BCUT2D eigenvalue weighted by Gasteiger charge is 2.54. The van der Waals surface area contributed by atoms with E-state index in [-0.39, 0.29) is 29.9 Å². The molecule has 6 nitrogen and oxygen atoms in total. The van der Waals surface area contributed by atoms with E-state index in [0.717, 1.165) is 5.56 Å². The van der Waals surface area contributed by atoms with Gasteiger partial charge < -0.3 is 10.0 Å². The van der Waals surface area contributed by atoms with Gasteiger partial charge in [0.05, 0.1) is 10.9 Å². The molecule has 2 aromatic carbocycles. The number of rotatable bonds is 4. The fourth-order valence-corrected chi connectivity index (χ4v) is 5.48. The van der Waals surface area contributed by atoms with Crippen LogP contribution in [0.3, 0.4) is 0 Å². The number of aliphatic hydroxyl groups excluding tert-OH is 1. The number of aliphatic hydroxyl groups is 1. The second-order valence-corrected chi connectivity index (χ2v) is 9.28. The molecule has 0 aromatic heterocycles. The standard InChI is InChI=1S/C19H19ClN2O4S/c20-14-6-8-15(9-7-14)27(25,26)21-11-16-17(12-21)22(19(24)18(16)23)10-13-4-2-1-3-5-13/h1-9,16-18,23H,10-12H2/t16-,17+,18-/m0/s1. The molecule has 27 heavy (non-hydrogen) atoms. The first-order chi connectivity index (χ1) is 12.9. The minimum Gasteiger partial charge on any atom is -0.383 e. The lowest BCUT2D eigenvalue weighted by Gasteiger charge is -2.25. The van der Waals surface area contributed by atoms with E-state index in [9.17, 15) is 18.3 Å². The molecule has 0 bridgehead atoms. The Morgan fingerprint density at radius 3 is 2.37 bits per heavy atom. The van der Waals surface area contributed by atoms with Crippen LogP contribution in [0.15, 0.2) is 59.5 Å². The van der Waals surface area contributed by atoms with Gasteiger partial charge >= 0.3 is 0 Å². The van der Waals surface area contributed by atoms with Crippen LogP contribution in [-0.4, -0.2) is 53.9 Å². The van der Waals surface area contributed by atoms with Crippen molar-refractivity contribution in [3.63, 3.8) is 0 Å². The summed E-state index contributed by atoms with van der Waals surface area (Å²) in [5, 5.41) is 10.8. The Bertz CT molecular complexity index is 949. The third kappa shape index (κ3) is 3.25. The molecule has 142 valence electrons. The van der Waals surface area contributed by atoms with E-state index in [0.29, 0.717) is 11.6 Å². The van der Waals surface area contributed by atoms with Gasteiger partial charge in [0, 0.05) is 30.6 Å². The van der Waals surface area contributed by atoms with Gasteiger partial charge in [-0.05, 0) is 29.8 Å². The van der Waals surface area contributed by atoms with Gasteiger partial charge in [-0.2, -0.15) is 4.31 Å². The minimum absolute atomic E-state index is 0.119. The summed E-state index contributed by atoms with van der Waals surface area (Å²) < 4.78 is 27.2. The second kappa shape index (κ2) is 6.91. The molecule has 8 heteroatoms. The molecule has 1 amide bonds. The quantitative estimate of drug-likeness (QED) is 0.838. The smallest absolute Gasteiger partial charge is 0.252 e. The molecule has 1 N–H and O–H groups in total. The van der Waals surface area contributed by atoms with Gasteiger partial charge in [-0.25, -0.2) is 8.42 Å². The Labute approximate surface area is 163 Å². The van der Waals surface area contributed by atoms with Crippen molar-refractivity contribution in [3.8, 4) is 0 Å². The average Bonchev–Trinajstić information content (AvgIpc) is 3.19. The highest BCUT2D eigenvalue weighted by atomic mass is 35.5. The third-order valence-electron chi connectivity index (χ3n) is 5.29. The summed E-state index contributed by atoms with van der Waals surface area (Å²) in [6, 6.07) is 15.1. The van der Waals surface area contributed by atoms with Crippen LogP contribution in [-0.2, 0) is 21.4 Å². The van der Waals surface area contributed by atoms with Crippen LogP contribution in [0.4, 0.5) is 0 Å². The lowest BCUT2D eigenvalue weighted by atomic mass is 10.0. The molecule has 2 heterocycles. The van der Waals surface area contributed by atoms with Crippen LogP contribution in [0.1, 0.15) is 5.56 Å². The van der Waals surface area contributed by atoms with E-state index in [1.807, 2.05) is 30.3 Å². The number of amides is 1. The molecular formula is C19H19ClN2O4S. The predicted octanol–water partition coefficient (Wildman–Crippen LogP) is 1.73. The van der Waals surface area contributed by atoms with E-state index in [1.54, 1.807) is 4.90 Å². The van der Waals surface area contributed by atoms with E-state index in [4.69, 9.17) is 11.6 Å². The molecule has 2 saturated heterocycles. The number of hydrogen-bond donors (Lipinski definition) is 1. The van der Waals surface area contributed by atoms with E-state index in [1.165, 1.54) is 28.6 Å². The Kier molecular flexibility index (Phi) is 4.71. The number of fused-ring (bicyclic) bond motifs is 1. The van der Waals surface area contributed by atoms with Crippen LogP contribution in [0.5, 0.6) is 0 Å². The van der Waals surface area contributed by atoms with Gasteiger partial charge in [0.1, 0.15) is 6.10 Å². The summed E-state index contributed by atoms with van der Waals surface area (Å²) in [5.41, 5.74) is 0.942. The maximum absolute atomic E-state index is 12.9. The molecule has 0 spiro atoms. The lowest BCUT2D eigenvalue weighted by molar-refractivity contribution is -0.136. The largest absolute Gasteiger partial charge is 0.383 e. The van der Waals surface area contributed by atoms with Gasteiger partial charge in [-0.15, -0.1) is 0 Å². The number of sulfonamides is 1. The second-order valence-electron chi connectivity index (χ2n) is 6.90. The first-order valence-electron chi connectivity index (χ1n) is 8.66. The molecule has 0 saturated carbocycles. The van der Waals surface area contributed by atoms with Crippen molar-refractivity contribution in [2.45, 2.75) is 23.6 Å². The van der Waals surface area contributed by atoms with Crippen molar-refractivity contribution in [1.82, 2.24) is 9.21 Å². The highest BCUT2D eigenvalue weighted by molar-refractivity contribution is 7.89. The SMILES string of the molecule is O=C1[C@@H](O)[C@H]2CN(S(=O)(=O)c3ccc(Cl)cc3)C[C@H]2N1Cc1ccccc1. The molecule has 2 aliphatic rings. The molecule has 0 unspecified atom stereocenters. The van der Waals surface area contributed by atoms with Crippen LogP contribution >= 0.6 is 11.6 Å². The zero-order valence-electron chi connectivity index (χ0n) is 14.4. The maximum atomic E-state index is 12.9. The topological polar surface area (TPSA) is 77.9 Å². The summed E-state index contributed by atoms with van der Waals surface area (Å²) in [7, 11) is -3.71. The van der Waals surface area contributed by atoms with Crippen molar-refractivity contribution in [2.24, 2.45) is 5.92 Å². The van der Waals surface area contributed by atoms with E-state index in [2.05, 4.69) is 0 Å². The Morgan fingerprint density at radius 2 is 1.70 bits per heavy atom. The molecule has 2 aliphatic heterocycles. The number of hydrogen-bond acceptors (Lipinski definition) is 4. The summed E-state index contributed by atoms with van der Waals surface area (Å²) in [5.74, 6) is -0.763. The van der Waals surface area contributed by atoms with Crippen molar-refractivity contribution in [2.75, 3.05) is 13.1 Å². The van der Waals surface area contributed by atoms with Crippen molar-refractivity contribution in [3.05, 3.63) is 65.2 Å². The number of likely N-dealkylation sites (tertiary alicyclic amines) is 1. The minimum atomic E-state index is -3.71. The first-order valence-corrected chi connectivity index (χ1v) is 10.5. The number of carbonyl (C=O) groups is 1. The summed E-state index contributed by atoms with van der Waals surface area (Å²) in [4.78, 5) is 14.2. The molecule has 2 fully saturated rings. The van der Waals surface area contributed by atoms with Crippen molar-refractivity contribution in [1.29, 1.82) is 0 Å². The molecule has 3 atom stereocenters. The number of benzene rings is 2. The zero-order valence-corrected chi connectivity index (χ0v) is 16.0. The number of carbonyl (C=O) groups excluding carboxylic acids is 1. The Morgan fingerprint density at radius 1 is 1.04 bits per heavy atom. The van der Waals surface area contributed by atoms with Gasteiger partial charge in [0.15, 0.2) is 0 Å². The zero-order chi connectivity index (χ0) is 19.2. The van der Waals surface area contributed by atoms with Gasteiger partial charge in [-0.1, -0.05) is 41.9 Å². The van der Waals surface area contributed by atoms with Gasteiger partial charge in [0.2, 0.25) is 10.0 Å². The van der Waals surface area contributed by atoms with Crippen molar-refractivity contribution < 1.29 is 18.3 Å². The van der Waals surface area contributed by atoms with Gasteiger partial charge in [0.25, 0.3) is 5.91 Å². The fourth-order valence-electron chi connectivity index (χ4n) is 3.86. The van der Waals surface area contributed by atoms with Crippen molar-refractivity contribution >= 4 is 27.5 Å². The van der Waals surface area contributed by atoms with Gasteiger partial charge in [-0.3, -0.25) is 4.79 Å². The van der Waals surface area contributed by atoms with Crippen LogP contribution in [0.2, 0.25) is 5.02 Å². The number of halogens is 1. The highest BCUT2D eigenvalue weighted by Crippen LogP contribution is 2.36. The monoisotopic (exact) mass is 406 g/mol. The summed E-state index contributed by atoms with van der Waals surface area (Å²) in [6.07, 6.45) is -1.18. The molecule has 0 aliphatic carbocycles. The lowest BCUT2D eigenvalue weighted by Crippen LogP contribution is -2.40. The molecule has 4 rings (SSSR count). The Hall–Kier alpha value is -1.93. The van der Waals surface area contributed by atoms with Crippen LogP contribution in [0.25, 0.3) is 0 Å². The van der Waals surface area contributed by atoms with E-state index >= 15 is 0 Å². The third-order valence-corrected chi connectivity index (χ3v) is 7.39. The predicted molar refractivity (Wildman–Crippen MR) is 100 cm³/mol. The number of nitrogens with zero attached hydrogens (tertiary/aromatic N) is 2. The summed E-state index contributed by atoms with van der Waals surface area (Å²) in [6.45, 7) is 0.645. The maximum Gasteiger partial charge on any atom is 0.252 e. The molecule has 0 radical (unpaired) electrons. The van der Waals surface area contributed by atoms with Crippen LogP contribution in [0, 0.1) is 5.92 Å². The van der Waals surface area contributed by atoms with E-state index < -0.39 is 22.0 Å². The average molecular weight is 407 g/mol.